The first kappa shape index (κ1) is 6.09. The van der Waals surface area contributed by atoms with Crippen molar-refractivity contribution in [1.29, 1.82) is 0 Å². The summed E-state index contributed by atoms with van der Waals surface area (Å²) in [5.41, 5.74) is 0.928. The van der Waals surface area contributed by atoms with Crippen molar-refractivity contribution < 1.29 is 14.3 Å². The van der Waals surface area contributed by atoms with E-state index in [9.17, 15) is 9.59 Å². The van der Waals surface area contributed by atoms with Gasteiger partial charge in [-0.05, 0) is 12.1 Å². The molecule has 54 valence electrons. The Labute approximate surface area is 62.6 Å². The molecule has 2 rings (SSSR count). The largest absolute Gasteiger partial charge is 0.421 e. The number of aldehydes is 1. The molecule has 1 aromatic carbocycles. The summed E-state index contributed by atoms with van der Waals surface area (Å²) < 4.78 is 4.64. The quantitative estimate of drug-likeness (QED) is 0.441. The van der Waals surface area contributed by atoms with Crippen LogP contribution in [-0.4, -0.2) is 12.3 Å². The van der Waals surface area contributed by atoms with Crippen molar-refractivity contribution in [2.75, 3.05) is 0 Å². The van der Waals surface area contributed by atoms with Crippen LogP contribution in [-0.2, 0) is 0 Å². The summed E-state index contributed by atoms with van der Waals surface area (Å²) in [5, 5.41) is 0. The number of para-hydroxylation sites is 1. The lowest BCUT2D eigenvalue weighted by Gasteiger charge is -2.18. The number of fused-ring (bicyclic) bond motifs is 1. The number of ether oxygens (including phenoxy) is 1. The van der Waals surface area contributed by atoms with Gasteiger partial charge in [0.15, 0.2) is 12.0 Å². The van der Waals surface area contributed by atoms with Crippen LogP contribution < -0.4 is 4.74 Å². The molecular weight excluding hydrogens is 144 g/mol. The van der Waals surface area contributed by atoms with Crippen molar-refractivity contribution in [3.05, 3.63) is 29.3 Å². The van der Waals surface area contributed by atoms with Gasteiger partial charge in [-0.15, -0.1) is 0 Å². The van der Waals surface area contributed by atoms with Crippen LogP contribution in [0.25, 0.3) is 0 Å². The van der Waals surface area contributed by atoms with Crippen molar-refractivity contribution in [3.8, 4) is 5.75 Å². The summed E-state index contributed by atoms with van der Waals surface area (Å²) in [6.45, 7) is 0. The molecule has 0 fully saturated rings. The average Bonchev–Trinajstić information content (AvgIpc) is 2.03. The molecule has 3 nitrogen and oxygen atoms in total. The summed E-state index contributed by atoms with van der Waals surface area (Å²) in [7, 11) is 0. The molecule has 0 unspecified atom stereocenters. The highest BCUT2D eigenvalue weighted by atomic mass is 16.6. The van der Waals surface area contributed by atoms with Crippen LogP contribution in [0.2, 0.25) is 0 Å². The smallest absolute Gasteiger partial charge is 0.347 e. The average molecular weight is 148 g/mol. The van der Waals surface area contributed by atoms with E-state index >= 15 is 0 Å². The van der Waals surface area contributed by atoms with Gasteiger partial charge >= 0.3 is 5.97 Å². The van der Waals surface area contributed by atoms with Crippen LogP contribution in [0.1, 0.15) is 20.7 Å². The molecule has 0 radical (unpaired) electrons. The first-order valence-corrected chi connectivity index (χ1v) is 3.13. The van der Waals surface area contributed by atoms with Crippen molar-refractivity contribution in [2.45, 2.75) is 0 Å². The minimum atomic E-state index is -0.358. The third kappa shape index (κ3) is 0.676. The summed E-state index contributed by atoms with van der Waals surface area (Å²) in [5.74, 6) is 0.0520. The molecule has 0 amide bonds. The van der Waals surface area contributed by atoms with E-state index in [-0.39, 0.29) is 5.97 Å². The SMILES string of the molecule is O=Cc1cccc2c1OC2=O. The van der Waals surface area contributed by atoms with Crippen molar-refractivity contribution in [2.24, 2.45) is 0 Å². The Balaban J connectivity index is 2.63. The van der Waals surface area contributed by atoms with E-state index in [4.69, 9.17) is 0 Å². The van der Waals surface area contributed by atoms with Gasteiger partial charge in [-0.25, -0.2) is 4.79 Å². The second-order valence-electron chi connectivity index (χ2n) is 2.23. The van der Waals surface area contributed by atoms with Crippen LogP contribution in [0.4, 0.5) is 0 Å². The Kier molecular flexibility index (Phi) is 1.06. The molecule has 1 aromatic rings. The third-order valence-electron chi connectivity index (χ3n) is 1.59. The molecule has 1 aliphatic heterocycles. The molecule has 0 saturated carbocycles. The van der Waals surface area contributed by atoms with Gasteiger partial charge in [0.05, 0.1) is 5.56 Å². The lowest BCUT2D eigenvalue weighted by atomic mass is 10.1. The fourth-order valence-electron chi connectivity index (χ4n) is 1.02. The van der Waals surface area contributed by atoms with Crippen LogP contribution in [0, 0.1) is 0 Å². The monoisotopic (exact) mass is 148 g/mol. The zero-order chi connectivity index (χ0) is 7.84. The molecule has 1 aliphatic rings. The first-order chi connectivity index (χ1) is 5.33. The minimum Gasteiger partial charge on any atom is -0.421 e. The molecule has 0 saturated heterocycles. The molecule has 1 heterocycles. The molecule has 3 heteroatoms. The Bertz CT molecular complexity index is 327. The molecule has 0 aliphatic carbocycles. The van der Waals surface area contributed by atoms with Gasteiger partial charge in [0, 0.05) is 0 Å². The third-order valence-corrected chi connectivity index (χ3v) is 1.59. The predicted octanol–water partition coefficient (Wildman–Crippen LogP) is 1.03. The molecule has 0 bridgehead atoms. The van der Waals surface area contributed by atoms with Gasteiger partial charge in [-0.3, -0.25) is 4.79 Å². The summed E-state index contributed by atoms with van der Waals surface area (Å²) in [4.78, 5) is 21.0. The Morgan fingerprint density at radius 1 is 1.36 bits per heavy atom. The van der Waals surface area contributed by atoms with Crippen LogP contribution in [0.15, 0.2) is 18.2 Å². The van der Waals surface area contributed by atoms with Crippen LogP contribution >= 0.6 is 0 Å². The molecule has 0 atom stereocenters. The van der Waals surface area contributed by atoms with E-state index in [0.29, 0.717) is 23.2 Å². The number of carbonyl (C=O) groups is 2. The number of carbonyl (C=O) groups excluding carboxylic acids is 2. The van der Waals surface area contributed by atoms with E-state index in [1.165, 1.54) is 0 Å². The standard InChI is InChI=1S/C8H4O3/c9-4-5-2-1-3-6-7(5)11-8(6)10/h1-4H. The number of hydrogen-bond donors (Lipinski definition) is 0. The van der Waals surface area contributed by atoms with Crippen LogP contribution in [0.5, 0.6) is 5.75 Å². The number of rotatable bonds is 1. The van der Waals surface area contributed by atoms with E-state index in [0.717, 1.165) is 0 Å². The van der Waals surface area contributed by atoms with Gasteiger partial charge in [0.2, 0.25) is 0 Å². The maximum Gasteiger partial charge on any atom is 0.347 e. The van der Waals surface area contributed by atoms with Gasteiger partial charge in [0.25, 0.3) is 0 Å². The Morgan fingerprint density at radius 3 is 2.82 bits per heavy atom. The van der Waals surface area contributed by atoms with E-state index in [1.807, 2.05) is 0 Å². The zero-order valence-electron chi connectivity index (χ0n) is 5.53. The predicted molar refractivity (Wildman–Crippen MR) is 36.8 cm³/mol. The lowest BCUT2D eigenvalue weighted by Crippen LogP contribution is -2.22. The van der Waals surface area contributed by atoms with Crippen molar-refractivity contribution in [1.82, 2.24) is 0 Å². The Morgan fingerprint density at radius 2 is 2.18 bits per heavy atom. The summed E-state index contributed by atoms with van der Waals surface area (Å²) in [6.07, 6.45) is 0.672. The minimum absolute atomic E-state index is 0.358. The maximum atomic E-state index is 10.7. The van der Waals surface area contributed by atoms with E-state index in [1.54, 1.807) is 18.2 Å². The number of esters is 1. The summed E-state index contributed by atoms with van der Waals surface area (Å²) in [6, 6.07) is 4.90. The second kappa shape index (κ2) is 1.92. The molecule has 11 heavy (non-hydrogen) atoms. The van der Waals surface area contributed by atoms with E-state index in [2.05, 4.69) is 4.74 Å². The van der Waals surface area contributed by atoms with Gasteiger partial charge in [-0.1, -0.05) is 6.07 Å². The topological polar surface area (TPSA) is 43.4 Å². The van der Waals surface area contributed by atoms with E-state index < -0.39 is 0 Å². The van der Waals surface area contributed by atoms with Crippen molar-refractivity contribution in [3.63, 3.8) is 0 Å². The lowest BCUT2D eigenvalue weighted by molar-refractivity contribution is 0.0656. The summed E-state index contributed by atoms with van der Waals surface area (Å²) >= 11 is 0. The highest BCUT2D eigenvalue weighted by molar-refractivity contribution is 6.04. The fraction of sp³-hybridized carbons (Fsp3) is 0. The van der Waals surface area contributed by atoms with Gasteiger partial charge < -0.3 is 4.74 Å². The number of benzene rings is 1. The fourth-order valence-corrected chi connectivity index (χ4v) is 1.02. The first-order valence-electron chi connectivity index (χ1n) is 3.13. The van der Waals surface area contributed by atoms with Crippen LogP contribution in [0.3, 0.4) is 0 Å². The molecule has 0 N–H and O–H groups in total. The van der Waals surface area contributed by atoms with Gasteiger partial charge in [0.1, 0.15) is 5.56 Å². The molecule has 0 spiro atoms. The zero-order valence-corrected chi connectivity index (χ0v) is 5.53. The normalized spacial score (nSPS) is 12.9. The highest BCUT2D eigenvalue weighted by Crippen LogP contribution is 2.31. The molecular formula is C8H4O3. The Hall–Kier alpha value is -1.64. The maximum absolute atomic E-state index is 10.7. The van der Waals surface area contributed by atoms with Gasteiger partial charge in [-0.2, -0.15) is 0 Å². The van der Waals surface area contributed by atoms with Crippen molar-refractivity contribution >= 4 is 12.3 Å². The molecule has 0 aromatic heterocycles. The second-order valence-corrected chi connectivity index (χ2v) is 2.23. The number of hydrogen-bond acceptors (Lipinski definition) is 3. The highest BCUT2D eigenvalue weighted by Gasteiger charge is 2.27.